The maximum absolute atomic E-state index is 12.2. The van der Waals surface area contributed by atoms with Gasteiger partial charge in [-0.2, -0.15) is 4.98 Å². The summed E-state index contributed by atoms with van der Waals surface area (Å²) in [6.45, 7) is 0.849. The van der Waals surface area contributed by atoms with E-state index in [4.69, 9.17) is 9.26 Å². The quantitative estimate of drug-likeness (QED) is 0.871. The lowest BCUT2D eigenvalue weighted by molar-refractivity contribution is -0.122. The summed E-state index contributed by atoms with van der Waals surface area (Å²) in [7, 11) is 0. The highest BCUT2D eigenvalue weighted by molar-refractivity contribution is 5.76. The van der Waals surface area contributed by atoms with Gasteiger partial charge in [0, 0.05) is 37.3 Å². The molecule has 2 aliphatic carbocycles. The molecule has 6 heteroatoms. The third-order valence-corrected chi connectivity index (χ3v) is 5.35. The highest BCUT2D eigenvalue weighted by Crippen LogP contribution is 2.38. The van der Waals surface area contributed by atoms with Crippen LogP contribution in [-0.2, 0) is 16.0 Å². The van der Waals surface area contributed by atoms with Gasteiger partial charge in [-0.25, -0.2) is 0 Å². The fraction of sp³-hybridized carbons (Fsp3) is 0.824. The third kappa shape index (κ3) is 3.57. The largest absolute Gasteiger partial charge is 0.378 e. The second-order valence-corrected chi connectivity index (χ2v) is 7.14. The third-order valence-electron chi connectivity index (χ3n) is 5.35. The minimum atomic E-state index is 0.143. The highest BCUT2D eigenvalue weighted by atomic mass is 16.5. The van der Waals surface area contributed by atoms with E-state index in [2.05, 4.69) is 15.5 Å². The maximum atomic E-state index is 12.2. The van der Waals surface area contributed by atoms with E-state index in [-0.39, 0.29) is 5.91 Å². The standard InChI is InChI=1S/C17H25N3O3/c21-15(18-13-3-1-4-14-12(13)9-10-22-14)5-2-6-16-19-17(20-23-16)11-7-8-11/h11-14H,1-10H2,(H,18,21)/t12-,13-,14-/m1/s1. The van der Waals surface area contributed by atoms with Gasteiger partial charge in [0.15, 0.2) is 5.82 Å². The van der Waals surface area contributed by atoms with Gasteiger partial charge in [0.2, 0.25) is 11.8 Å². The Morgan fingerprint density at radius 1 is 1.22 bits per heavy atom. The minimum Gasteiger partial charge on any atom is -0.378 e. The molecule has 0 bridgehead atoms. The predicted molar refractivity (Wildman–Crippen MR) is 82.8 cm³/mol. The van der Waals surface area contributed by atoms with E-state index in [0.717, 1.165) is 44.5 Å². The Morgan fingerprint density at radius 2 is 2.13 bits per heavy atom. The molecular weight excluding hydrogens is 294 g/mol. The van der Waals surface area contributed by atoms with Crippen LogP contribution < -0.4 is 5.32 Å². The van der Waals surface area contributed by atoms with Crippen molar-refractivity contribution >= 4 is 5.91 Å². The lowest BCUT2D eigenvalue weighted by atomic mass is 9.82. The molecule has 126 valence electrons. The molecule has 0 radical (unpaired) electrons. The summed E-state index contributed by atoms with van der Waals surface area (Å²) in [6, 6.07) is 0.300. The number of fused-ring (bicyclic) bond motifs is 1. The van der Waals surface area contributed by atoms with Crippen LogP contribution in [0.3, 0.4) is 0 Å². The van der Waals surface area contributed by atoms with Gasteiger partial charge in [-0.05, 0) is 44.9 Å². The fourth-order valence-electron chi connectivity index (χ4n) is 3.91. The van der Waals surface area contributed by atoms with E-state index >= 15 is 0 Å². The van der Waals surface area contributed by atoms with Gasteiger partial charge in [-0.15, -0.1) is 0 Å². The molecule has 1 amide bonds. The van der Waals surface area contributed by atoms with Crippen molar-refractivity contribution in [1.82, 2.24) is 15.5 Å². The Hall–Kier alpha value is -1.43. The van der Waals surface area contributed by atoms with Crippen LogP contribution in [-0.4, -0.2) is 34.8 Å². The Balaban J connectivity index is 1.20. The van der Waals surface area contributed by atoms with Gasteiger partial charge in [0.1, 0.15) is 0 Å². The Bertz CT molecular complexity index is 555. The summed E-state index contributed by atoms with van der Waals surface area (Å²) in [5.74, 6) is 2.69. The second kappa shape index (κ2) is 6.59. The van der Waals surface area contributed by atoms with E-state index in [1.54, 1.807) is 0 Å². The summed E-state index contributed by atoms with van der Waals surface area (Å²) >= 11 is 0. The SMILES string of the molecule is O=C(CCCc1nc(C2CC2)no1)N[C@@H]1CCC[C@H]2OCC[C@H]12. The van der Waals surface area contributed by atoms with Gasteiger partial charge < -0.3 is 14.6 Å². The molecule has 1 saturated heterocycles. The number of nitrogens with one attached hydrogen (secondary N) is 1. The monoisotopic (exact) mass is 319 g/mol. The van der Waals surface area contributed by atoms with Crippen molar-refractivity contribution in [2.24, 2.45) is 5.92 Å². The number of hydrogen-bond acceptors (Lipinski definition) is 5. The number of amides is 1. The zero-order chi connectivity index (χ0) is 15.6. The molecule has 3 fully saturated rings. The average molecular weight is 319 g/mol. The predicted octanol–water partition coefficient (Wildman–Crippen LogP) is 2.34. The molecule has 0 spiro atoms. The van der Waals surface area contributed by atoms with E-state index in [9.17, 15) is 4.79 Å². The molecule has 1 N–H and O–H groups in total. The average Bonchev–Trinajstić information content (AvgIpc) is 3.09. The first-order valence-corrected chi connectivity index (χ1v) is 9.03. The van der Waals surface area contributed by atoms with Crippen LogP contribution in [0.2, 0.25) is 0 Å². The van der Waals surface area contributed by atoms with E-state index in [0.29, 0.717) is 42.7 Å². The molecule has 1 aromatic heterocycles. The van der Waals surface area contributed by atoms with Gasteiger partial charge in [-0.1, -0.05) is 5.16 Å². The molecule has 23 heavy (non-hydrogen) atoms. The van der Waals surface area contributed by atoms with Crippen molar-refractivity contribution < 1.29 is 14.1 Å². The molecule has 0 aromatic carbocycles. The molecule has 1 aliphatic heterocycles. The number of nitrogens with zero attached hydrogens (tertiary/aromatic N) is 2. The molecule has 6 nitrogen and oxygen atoms in total. The zero-order valence-corrected chi connectivity index (χ0v) is 13.5. The topological polar surface area (TPSA) is 77.2 Å². The lowest BCUT2D eigenvalue weighted by Gasteiger charge is -2.33. The van der Waals surface area contributed by atoms with E-state index < -0.39 is 0 Å². The van der Waals surface area contributed by atoms with Gasteiger partial charge in [0.05, 0.1) is 6.10 Å². The normalized spacial score (nSPS) is 30.2. The van der Waals surface area contributed by atoms with Crippen molar-refractivity contribution in [1.29, 1.82) is 0 Å². The summed E-state index contributed by atoms with van der Waals surface area (Å²) in [6.07, 6.45) is 9.16. The molecule has 2 saturated carbocycles. The van der Waals surface area contributed by atoms with Gasteiger partial charge in [-0.3, -0.25) is 4.79 Å². The van der Waals surface area contributed by atoms with E-state index in [1.807, 2.05) is 0 Å². The number of carbonyl (C=O) groups excluding carboxylic acids is 1. The molecule has 1 aromatic rings. The minimum absolute atomic E-state index is 0.143. The van der Waals surface area contributed by atoms with Crippen LogP contribution in [0.1, 0.15) is 69.0 Å². The van der Waals surface area contributed by atoms with Crippen LogP contribution in [0.15, 0.2) is 4.52 Å². The van der Waals surface area contributed by atoms with Gasteiger partial charge >= 0.3 is 0 Å². The van der Waals surface area contributed by atoms with Gasteiger partial charge in [0.25, 0.3) is 0 Å². The Labute approximate surface area is 136 Å². The molecule has 4 rings (SSSR count). The molecule has 3 aliphatic rings. The van der Waals surface area contributed by atoms with Crippen LogP contribution in [0.4, 0.5) is 0 Å². The number of carbonyl (C=O) groups is 1. The van der Waals surface area contributed by atoms with Crippen molar-refractivity contribution in [2.45, 2.75) is 75.9 Å². The first-order valence-electron chi connectivity index (χ1n) is 9.03. The molecule has 0 unspecified atom stereocenters. The van der Waals surface area contributed by atoms with Crippen molar-refractivity contribution in [3.8, 4) is 0 Å². The van der Waals surface area contributed by atoms with Crippen LogP contribution >= 0.6 is 0 Å². The summed E-state index contributed by atoms with van der Waals surface area (Å²) in [5, 5.41) is 7.23. The molecule has 3 atom stereocenters. The maximum Gasteiger partial charge on any atom is 0.226 e. The molecular formula is C17H25N3O3. The molecule has 2 heterocycles. The van der Waals surface area contributed by atoms with Crippen molar-refractivity contribution in [3.63, 3.8) is 0 Å². The first-order chi connectivity index (χ1) is 11.3. The Morgan fingerprint density at radius 3 is 3.00 bits per heavy atom. The summed E-state index contributed by atoms with van der Waals surface area (Å²) < 4.78 is 11.0. The fourth-order valence-corrected chi connectivity index (χ4v) is 3.91. The number of rotatable bonds is 6. The van der Waals surface area contributed by atoms with Crippen LogP contribution in [0, 0.1) is 5.92 Å². The number of aromatic nitrogens is 2. The highest BCUT2D eigenvalue weighted by Gasteiger charge is 2.38. The number of hydrogen-bond donors (Lipinski definition) is 1. The number of aryl methyl sites for hydroxylation is 1. The smallest absolute Gasteiger partial charge is 0.226 e. The Kier molecular flexibility index (Phi) is 4.33. The summed E-state index contributed by atoms with van der Waals surface area (Å²) in [4.78, 5) is 16.6. The summed E-state index contributed by atoms with van der Waals surface area (Å²) in [5.41, 5.74) is 0. The lowest BCUT2D eigenvalue weighted by Crippen LogP contribution is -2.45. The van der Waals surface area contributed by atoms with E-state index in [1.165, 1.54) is 12.8 Å². The zero-order valence-electron chi connectivity index (χ0n) is 13.5. The van der Waals surface area contributed by atoms with Crippen LogP contribution in [0.5, 0.6) is 0 Å². The first kappa shape index (κ1) is 15.1. The van der Waals surface area contributed by atoms with Crippen LogP contribution in [0.25, 0.3) is 0 Å². The van der Waals surface area contributed by atoms with Crippen molar-refractivity contribution in [2.75, 3.05) is 6.61 Å². The second-order valence-electron chi connectivity index (χ2n) is 7.14. The number of ether oxygens (including phenoxy) is 1. The van der Waals surface area contributed by atoms with Crippen molar-refractivity contribution in [3.05, 3.63) is 11.7 Å².